The van der Waals surface area contributed by atoms with Crippen molar-refractivity contribution < 1.29 is 14.5 Å². The Balaban J connectivity index is 1.91. The maximum absolute atomic E-state index is 12.0. The number of hydrogen-bond donors (Lipinski definition) is 1. The van der Waals surface area contributed by atoms with Crippen molar-refractivity contribution in [3.63, 3.8) is 0 Å². The van der Waals surface area contributed by atoms with Crippen molar-refractivity contribution in [2.75, 3.05) is 32.8 Å². The first kappa shape index (κ1) is 15.5. The highest BCUT2D eigenvalue weighted by Gasteiger charge is 2.17. The molecule has 0 radical (unpaired) electrons. The van der Waals surface area contributed by atoms with Gasteiger partial charge in [-0.05, 0) is 19.0 Å². The lowest BCUT2D eigenvalue weighted by atomic mass is 10.3. The molecule has 0 aromatic heterocycles. The summed E-state index contributed by atoms with van der Waals surface area (Å²) in [6.45, 7) is 2.94. The zero-order valence-corrected chi connectivity index (χ0v) is 12.1. The molecule has 1 aromatic rings. The minimum atomic E-state index is -0.568. The standard InChI is InChI=1S/C13H16ClN3O4/c14-11-8-10(2-3-12(11)17(19)20)21-9-13(18)16-6-1-4-15-5-7-16/h2-3,8,15H,1,4-7,9H2. The highest BCUT2D eigenvalue weighted by Crippen LogP contribution is 2.28. The monoisotopic (exact) mass is 313 g/mol. The fraction of sp³-hybridized carbons (Fsp3) is 0.462. The fourth-order valence-corrected chi connectivity index (χ4v) is 2.30. The summed E-state index contributed by atoms with van der Waals surface area (Å²) >= 11 is 5.78. The SMILES string of the molecule is O=C(COc1ccc([N+](=O)[O-])c(Cl)c1)N1CCCNCC1. The van der Waals surface area contributed by atoms with Crippen molar-refractivity contribution in [2.24, 2.45) is 0 Å². The van der Waals surface area contributed by atoms with Gasteiger partial charge in [-0.3, -0.25) is 14.9 Å². The van der Waals surface area contributed by atoms with E-state index in [-0.39, 0.29) is 23.2 Å². The molecular formula is C13H16ClN3O4. The van der Waals surface area contributed by atoms with Gasteiger partial charge in [0.05, 0.1) is 4.92 Å². The molecule has 0 atom stereocenters. The molecule has 2 rings (SSSR count). The second-order valence-corrected chi connectivity index (χ2v) is 5.05. The maximum atomic E-state index is 12.0. The average molecular weight is 314 g/mol. The van der Waals surface area contributed by atoms with Crippen molar-refractivity contribution in [3.05, 3.63) is 33.3 Å². The van der Waals surface area contributed by atoms with Gasteiger partial charge in [-0.15, -0.1) is 0 Å². The van der Waals surface area contributed by atoms with Gasteiger partial charge in [-0.2, -0.15) is 0 Å². The molecule has 21 heavy (non-hydrogen) atoms. The largest absolute Gasteiger partial charge is 0.484 e. The minimum absolute atomic E-state index is 0.0103. The van der Waals surface area contributed by atoms with E-state index in [0.29, 0.717) is 18.8 Å². The average Bonchev–Trinajstić information content (AvgIpc) is 2.73. The Labute approximate surface area is 127 Å². The lowest BCUT2D eigenvalue weighted by Crippen LogP contribution is -2.37. The van der Waals surface area contributed by atoms with Gasteiger partial charge in [0, 0.05) is 31.8 Å². The molecule has 1 fully saturated rings. The van der Waals surface area contributed by atoms with Gasteiger partial charge in [0.1, 0.15) is 10.8 Å². The van der Waals surface area contributed by atoms with Crippen molar-refractivity contribution >= 4 is 23.2 Å². The van der Waals surface area contributed by atoms with E-state index in [0.717, 1.165) is 19.5 Å². The third-order valence-corrected chi connectivity index (χ3v) is 3.47. The van der Waals surface area contributed by atoms with Crippen LogP contribution in [0.5, 0.6) is 5.75 Å². The van der Waals surface area contributed by atoms with Crippen LogP contribution >= 0.6 is 11.6 Å². The van der Waals surface area contributed by atoms with Crippen LogP contribution in [0, 0.1) is 10.1 Å². The van der Waals surface area contributed by atoms with Crippen LogP contribution in [0.1, 0.15) is 6.42 Å². The van der Waals surface area contributed by atoms with Crippen molar-refractivity contribution in [1.29, 1.82) is 0 Å². The Kier molecular flexibility index (Phi) is 5.35. The van der Waals surface area contributed by atoms with Gasteiger partial charge in [-0.1, -0.05) is 11.6 Å². The van der Waals surface area contributed by atoms with Crippen molar-refractivity contribution in [3.8, 4) is 5.75 Å². The summed E-state index contributed by atoms with van der Waals surface area (Å²) in [6, 6.07) is 4.04. The molecule has 114 valence electrons. The van der Waals surface area contributed by atoms with Crippen LogP contribution < -0.4 is 10.1 Å². The summed E-state index contributed by atoms with van der Waals surface area (Å²) in [5.41, 5.74) is -0.186. The summed E-state index contributed by atoms with van der Waals surface area (Å²) in [5.74, 6) is 0.236. The van der Waals surface area contributed by atoms with E-state index < -0.39 is 4.92 Å². The molecule has 1 aliphatic rings. The summed E-state index contributed by atoms with van der Waals surface area (Å²) in [6.07, 6.45) is 0.912. The van der Waals surface area contributed by atoms with Gasteiger partial charge in [0.15, 0.2) is 6.61 Å². The number of nitro groups is 1. The number of amides is 1. The van der Waals surface area contributed by atoms with Gasteiger partial charge in [0.25, 0.3) is 11.6 Å². The fourth-order valence-electron chi connectivity index (χ4n) is 2.06. The molecule has 7 nitrogen and oxygen atoms in total. The molecule has 1 aromatic carbocycles. The highest BCUT2D eigenvalue weighted by molar-refractivity contribution is 6.32. The molecule has 1 heterocycles. The van der Waals surface area contributed by atoms with Crippen molar-refractivity contribution in [2.45, 2.75) is 6.42 Å². The van der Waals surface area contributed by atoms with Gasteiger partial charge >= 0.3 is 0 Å². The molecule has 0 spiro atoms. The topological polar surface area (TPSA) is 84.7 Å². The van der Waals surface area contributed by atoms with Crippen LogP contribution in [0.4, 0.5) is 5.69 Å². The van der Waals surface area contributed by atoms with Crippen molar-refractivity contribution in [1.82, 2.24) is 10.2 Å². The lowest BCUT2D eigenvalue weighted by Gasteiger charge is -2.20. The van der Waals surface area contributed by atoms with E-state index >= 15 is 0 Å². The third kappa shape index (κ3) is 4.30. The number of rotatable bonds is 4. The molecule has 8 heteroatoms. The molecule has 0 bridgehead atoms. The Morgan fingerprint density at radius 2 is 2.24 bits per heavy atom. The van der Waals surface area contributed by atoms with E-state index in [2.05, 4.69) is 5.32 Å². The lowest BCUT2D eigenvalue weighted by molar-refractivity contribution is -0.384. The number of carbonyl (C=O) groups excluding carboxylic acids is 1. The molecule has 1 N–H and O–H groups in total. The van der Waals surface area contributed by atoms with Crippen LogP contribution in [0.15, 0.2) is 18.2 Å². The van der Waals surface area contributed by atoms with E-state index in [9.17, 15) is 14.9 Å². The van der Waals surface area contributed by atoms with E-state index in [1.54, 1.807) is 4.90 Å². The highest BCUT2D eigenvalue weighted by atomic mass is 35.5. The Hall–Kier alpha value is -1.86. The normalized spacial score (nSPS) is 15.4. The van der Waals surface area contributed by atoms with Crippen LogP contribution in [0.3, 0.4) is 0 Å². The molecule has 0 unspecified atom stereocenters. The van der Waals surface area contributed by atoms with Crippen LogP contribution in [-0.2, 0) is 4.79 Å². The number of hydrogen-bond acceptors (Lipinski definition) is 5. The van der Waals surface area contributed by atoms with Gasteiger partial charge < -0.3 is 15.0 Å². The molecule has 1 amide bonds. The molecule has 0 aliphatic carbocycles. The summed E-state index contributed by atoms with van der Waals surface area (Å²) in [7, 11) is 0. The predicted octanol–water partition coefficient (Wildman–Crippen LogP) is 1.45. The smallest absolute Gasteiger partial charge is 0.288 e. The number of ether oxygens (including phenoxy) is 1. The Morgan fingerprint density at radius 3 is 2.95 bits per heavy atom. The first-order chi connectivity index (χ1) is 10.1. The Bertz CT molecular complexity index is 530. The summed E-state index contributed by atoms with van der Waals surface area (Å²) < 4.78 is 5.36. The summed E-state index contributed by atoms with van der Waals surface area (Å²) in [5, 5.41) is 13.9. The number of nitrogens with one attached hydrogen (secondary N) is 1. The van der Waals surface area contributed by atoms with Crippen LogP contribution in [0.25, 0.3) is 0 Å². The number of halogens is 1. The number of benzene rings is 1. The Morgan fingerprint density at radius 1 is 1.43 bits per heavy atom. The number of carbonyl (C=O) groups is 1. The first-order valence-corrected chi connectivity index (χ1v) is 7.01. The number of nitrogens with zero attached hydrogens (tertiary/aromatic N) is 2. The van der Waals surface area contributed by atoms with E-state index in [1.807, 2.05) is 0 Å². The van der Waals surface area contributed by atoms with Crippen LogP contribution in [-0.4, -0.2) is 48.5 Å². The molecule has 1 saturated heterocycles. The second-order valence-electron chi connectivity index (χ2n) is 4.64. The van der Waals surface area contributed by atoms with Gasteiger partial charge in [-0.25, -0.2) is 0 Å². The molecular weight excluding hydrogens is 298 g/mol. The third-order valence-electron chi connectivity index (χ3n) is 3.17. The first-order valence-electron chi connectivity index (χ1n) is 6.63. The zero-order chi connectivity index (χ0) is 15.2. The van der Waals surface area contributed by atoms with Crippen LogP contribution in [0.2, 0.25) is 5.02 Å². The van der Waals surface area contributed by atoms with E-state index in [4.69, 9.17) is 16.3 Å². The number of nitro benzene ring substituents is 1. The van der Waals surface area contributed by atoms with Gasteiger partial charge in [0.2, 0.25) is 0 Å². The quantitative estimate of drug-likeness (QED) is 0.672. The maximum Gasteiger partial charge on any atom is 0.288 e. The molecule has 1 aliphatic heterocycles. The zero-order valence-electron chi connectivity index (χ0n) is 11.4. The van der Waals surface area contributed by atoms with E-state index in [1.165, 1.54) is 18.2 Å². The predicted molar refractivity (Wildman–Crippen MR) is 77.7 cm³/mol. The minimum Gasteiger partial charge on any atom is -0.484 e. The summed E-state index contributed by atoms with van der Waals surface area (Å²) in [4.78, 5) is 23.8. The second kappa shape index (κ2) is 7.24. The molecule has 0 saturated carbocycles.